The highest BCUT2D eigenvalue weighted by Crippen LogP contribution is 2.10. The molecule has 1 aromatic rings. The number of nitrogens with one attached hydrogen (secondary N) is 2. The van der Waals surface area contributed by atoms with Gasteiger partial charge < -0.3 is 15.5 Å². The van der Waals surface area contributed by atoms with Crippen molar-refractivity contribution in [3.63, 3.8) is 0 Å². The fourth-order valence-electron chi connectivity index (χ4n) is 2.68. The van der Waals surface area contributed by atoms with Crippen LogP contribution in [0, 0.1) is 5.92 Å². The number of likely N-dealkylation sites (N-methyl/N-ethyl adjacent to an activating group) is 1. The third kappa shape index (κ3) is 11.2. The molecule has 0 heterocycles. The van der Waals surface area contributed by atoms with E-state index in [1.165, 1.54) is 36.3 Å². The molecule has 8 nitrogen and oxygen atoms in total. The molecule has 0 aromatic heterocycles. The highest BCUT2D eigenvalue weighted by molar-refractivity contribution is 7.89. The van der Waals surface area contributed by atoms with E-state index < -0.39 is 10.0 Å². The van der Waals surface area contributed by atoms with E-state index in [0.717, 1.165) is 30.9 Å². The Balaban J connectivity index is 2.60. The molecule has 0 saturated heterocycles. The van der Waals surface area contributed by atoms with Gasteiger partial charge in [-0.05, 0) is 30.0 Å². The number of benzene rings is 1. The SMILES string of the molecule is CC(C)CCCCCCNC(=NCc1ccc(S(N)(=O)=O)cc1)NCC(=O)N(C)C. The number of nitrogens with two attached hydrogens (primary N) is 1. The van der Waals surface area contributed by atoms with Gasteiger partial charge in [-0.3, -0.25) is 4.79 Å². The lowest BCUT2D eigenvalue weighted by atomic mass is 10.0. The van der Waals surface area contributed by atoms with Crippen LogP contribution in [0.5, 0.6) is 0 Å². The Bertz CT molecular complexity index is 774. The molecule has 0 fully saturated rings. The number of nitrogens with zero attached hydrogens (tertiary/aromatic N) is 2. The summed E-state index contributed by atoms with van der Waals surface area (Å²) in [5, 5.41) is 11.5. The number of rotatable bonds is 12. The first-order chi connectivity index (χ1) is 14.1. The number of hydrogen-bond acceptors (Lipinski definition) is 4. The number of hydrogen-bond donors (Lipinski definition) is 3. The Labute approximate surface area is 181 Å². The zero-order chi connectivity index (χ0) is 22.6. The summed E-state index contributed by atoms with van der Waals surface area (Å²) in [6.07, 6.45) is 5.92. The van der Waals surface area contributed by atoms with Crippen molar-refractivity contribution in [3.8, 4) is 0 Å². The molecule has 1 aromatic carbocycles. The maximum atomic E-state index is 11.9. The Morgan fingerprint density at radius 3 is 2.27 bits per heavy atom. The minimum Gasteiger partial charge on any atom is -0.356 e. The van der Waals surface area contributed by atoms with Crippen LogP contribution in [-0.2, 0) is 21.4 Å². The molecule has 0 aliphatic carbocycles. The van der Waals surface area contributed by atoms with Gasteiger partial charge in [-0.15, -0.1) is 0 Å². The number of carbonyl (C=O) groups excluding carboxylic acids is 1. The zero-order valence-corrected chi connectivity index (χ0v) is 19.5. The van der Waals surface area contributed by atoms with Crippen LogP contribution in [0.3, 0.4) is 0 Å². The van der Waals surface area contributed by atoms with Gasteiger partial charge in [-0.2, -0.15) is 0 Å². The van der Waals surface area contributed by atoms with Gasteiger partial charge in [0.25, 0.3) is 0 Å². The molecule has 1 rings (SSSR count). The second-order valence-electron chi connectivity index (χ2n) is 8.02. The smallest absolute Gasteiger partial charge is 0.241 e. The van der Waals surface area contributed by atoms with Crippen molar-refractivity contribution in [3.05, 3.63) is 29.8 Å². The van der Waals surface area contributed by atoms with E-state index in [9.17, 15) is 13.2 Å². The average molecular weight is 440 g/mol. The van der Waals surface area contributed by atoms with Crippen molar-refractivity contribution in [2.75, 3.05) is 27.2 Å². The quantitative estimate of drug-likeness (QED) is 0.262. The molecule has 0 atom stereocenters. The second-order valence-corrected chi connectivity index (χ2v) is 9.58. The monoisotopic (exact) mass is 439 g/mol. The predicted octanol–water partition coefficient (Wildman–Crippen LogP) is 2.06. The summed E-state index contributed by atoms with van der Waals surface area (Å²) in [6.45, 7) is 5.76. The Morgan fingerprint density at radius 2 is 1.70 bits per heavy atom. The van der Waals surface area contributed by atoms with Crippen LogP contribution < -0.4 is 15.8 Å². The van der Waals surface area contributed by atoms with Gasteiger partial charge >= 0.3 is 0 Å². The summed E-state index contributed by atoms with van der Waals surface area (Å²) in [6, 6.07) is 6.29. The molecule has 170 valence electrons. The van der Waals surface area contributed by atoms with Crippen LogP contribution in [0.4, 0.5) is 0 Å². The molecule has 0 unspecified atom stereocenters. The van der Waals surface area contributed by atoms with Gasteiger partial charge in [-0.1, -0.05) is 51.7 Å². The van der Waals surface area contributed by atoms with Crippen molar-refractivity contribution in [1.29, 1.82) is 0 Å². The summed E-state index contributed by atoms with van der Waals surface area (Å²) in [5.41, 5.74) is 0.844. The maximum absolute atomic E-state index is 11.9. The van der Waals surface area contributed by atoms with Gasteiger partial charge in [0.15, 0.2) is 5.96 Å². The maximum Gasteiger partial charge on any atom is 0.241 e. The predicted molar refractivity (Wildman–Crippen MR) is 122 cm³/mol. The standard InChI is InChI=1S/C21H37N5O3S/c1-17(2)9-7-5-6-8-14-23-21(25-16-20(27)26(3)4)24-15-18-10-12-19(13-11-18)30(22,28)29/h10-13,17H,5-9,14-16H2,1-4H3,(H2,22,28,29)(H2,23,24,25). The molecule has 9 heteroatoms. The number of aliphatic imine (C=N–C) groups is 1. The normalized spacial score (nSPS) is 12.1. The summed E-state index contributed by atoms with van der Waals surface area (Å²) < 4.78 is 22.7. The molecule has 0 saturated carbocycles. The molecule has 0 aliphatic rings. The highest BCUT2D eigenvalue weighted by Gasteiger charge is 2.08. The Hall–Kier alpha value is -2.13. The number of unbranched alkanes of at least 4 members (excludes halogenated alkanes) is 3. The van der Waals surface area contributed by atoms with E-state index in [2.05, 4.69) is 29.5 Å². The lowest BCUT2D eigenvalue weighted by Crippen LogP contribution is -2.43. The van der Waals surface area contributed by atoms with Crippen molar-refractivity contribution >= 4 is 21.9 Å². The van der Waals surface area contributed by atoms with Crippen LogP contribution in [0.15, 0.2) is 34.2 Å². The molecule has 0 spiro atoms. The van der Waals surface area contributed by atoms with Crippen LogP contribution in [0.2, 0.25) is 0 Å². The van der Waals surface area contributed by atoms with Crippen molar-refractivity contribution in [2.45, 2.75) is 57.4 Å². The molecule has 4 N–H and O–H groups in total. The minimum absolute atomic E-state index is 0.0457. The number of guanidine groups is 1. The summed E-state index contributed by atoms with van der Waals surface area (Å²) in [5.74, 6) is 1.26. The summed E-state index contributed by atoms with van der Waals surface area (Å²) >= 11 is 0. The van der Waals surface area contributed by atoms with E-state index in [-0.39, 0.29) is 17.3 Å². The van der Waals surface area contributed by atoms with E-state index in [0.29, 0.717) is 12.5 Å². The van der Waals surface area contributed by atoms with Gasteiger partial charge in [0.2, 0.25) is 15.9 Å². The Kier molecular flexibility index (Phi) is 11.4. The lowest BCUT2D eigenvalue weighted by molar-refractivity contribution is -0.127. The fourth-order valence-corrected chi connectivity index (χ4v) is 3.20. The number of carbonyl (C=O) groups is 1. The third-order valence-corrected chi connectivity index (χ3v) is 5.51. The van der Waals surface area contributed by atoms with Gasteiger partial charge in [0.1, 0.15) is 0 Å². The lowest BCUT2D eigenvalue weighted by Gasteiger charge is -2.15. The third-order valence-electron chi connectivity index (χ3n) is 4.58. The van der Waals surface area contributed by atoms with Gasteiger partial charge in [-0.25, -0.2) is 18.5 Å². The number of amides is 1. The summed E-state index contributed by atoms with van der Waals surface area (Å²) in [7, 11) is -0.293. The van der Waals surface area contributed by atoms with E-state index in [1.54, 1.807) is 26.2 Å². The zero-order valence-electron chi connectivity index (χ0n) is 18.6. The van der Waals surface area contributed by atoms with Gasteiger partial charge in [0, 0.05) is 20.6 Å². The van der Waals surface area contributed by atoms with Crippen LogP contribution in [0.25, 0.3) is 0 Å². The van der Waals surface area contributed by atoms with Crippen molar-refractivity contribution in [1.82, 2.24) is 15.5 Å². The largest absolute Gasteiger partial charge is 0.356 e. The Morgan fingerprint density at radius 1 is 1.07 bits per heavy atom. The van der Waals surface area contributed by atoms with Crippen molar-refractivity contribution in [2.24, 2.45) is 16.0 Å². The second kappa shape index (κ2) is 13.2. The van der Waals surface area contributed by atoms with Crippen molar-refractivity contribution < 1.29 is 13.2 Å². The molecule has 0 bridgehead atoms. The molecule has 0 aliphatic heterocycles. The first-order valence-electron chi connectivity index (χ1n) is 10.4. The van der Waals surface area contributed by atoms with Crippen LogP contribution in [-0.4, -0.2) is 52.4 Å². The fraction of sp³-hybridized carbons (Fsp3) is 0.619. The average Bonchev–Trinajstić information content (AvgIpc) is 2.67. The first kappa shape index (κ1) is 25.9. The molecular weight excluding hydrogens is 402 g/mol. The van der Waals surface area contributed by atoms with E-state index in [4.69, 9.17) is 5.14 Å². The molecular formula is C21H37N5O3S. The number of sulfonamides is 1. The minimum atomic E-state index is -3.71. The highest BCUT2D eigenvalue weighted by atomic mass is 32.2. The van der Waals surface area contributed by atoms with E-state index in [1.807, 2.05) is 0 Å². The van der Waals surface area contributed by atoms with E-state index >= 15 is 0 Å². The molecule has 0 radical (unpaired) electrons. The van der Waals surface area contributed by atoms with Crippen LogP contribution in [0.1, 0.15) is 51.5 Å². The first-order valence-corrected chi connectivity index (χ1v) is 12.0. The summed E-state index contributed by atoms with van der Waals surface area (Å²) in [4.78, 5) is 18.0. The van der Waals surface area contributed by atoms with Gasteiger partial charge in [0.05, 0.1) is 18.0 Å². The molecule has 30 heavy (non-hydrogen) atoms. The number of primary sulfonamides is 1. The molecule has 1 amide bonds. The van der Waals surface area contributed by atoms with Crippen LogP contribution >= 0.6 is 0 Å². The topological polar surface area (TPSA) is 117 Å².